The van der Waals surface area contributed by atoms with Crippen LogP contribution in [-0.4, -0.2) is 15.5 Å². The van der Waals surface area contributed by atoms with E-state index in [0.29, 0.717) is 17.8 Å². The molecule has 0 radical (unpaired) electrons. The van der Waals surface area contributed by atoms with E-state index < -0.39 is 18.4 Å². The summed E-state index contributed by atoms with van der Waals surface area (Å²) in [5, 5.41) is 0. The first-order valence-corrected chi connectivity index (χ1v) is 9.42. The summed E-state index contributed by atoms with van der Waals surface area (Å²) in [5.74, 6) is 1.21. The lowest BCUT2D eigenvalue weighted by molar-refractivity contribution is -0.0962. The molecule has 1 unspecified atom stereocenters. The molecule has 0 aliphatic rings. The highest BCUT2D eigenvalue weighted by Crippen LogP contribution is 2.32. The molecule has 0 bridgehead atoms. The Bertz CT molecular complexity index is 586. The molecular formula is C14H22O6PS+. The van der Waals surface area contributed by atoms with Crippen molar-refractivity contribution in [3.63, 3.8) is 0 Å². The maximum atomic E-state index is 11.9. The largest absolute Gasteiger partial charge is 0.729 e. The first-order valence-electron chi connectivity index (χ1n) is 6.91. The van der Waals surface area contributed by atoms with Gasteiger partial charge in [-0.25, -0.2) is 0 Å². The van der Waals surface area contributed by atoms with E-state index in [0.717, 1.165) is 12.7 Å². The molecule has 6 nitrogen and oxygen atoms in total. The van der Waals surface area contributed by atoms with Crippen LogP contribution in [0.3, 0.4) is 0 Å². The van der Waals surface area contributed by atoms with E-state index in [2.05, 4.69) is 41.2 Å². The van der Waals surface area contributed by atoms with Crippen LogP contribution in [0.25, 0.3) is 0 Å². The molecule has 1 rings (SSSR count). The van der Waals surface area contributed by atoms with Crippen LogP contribution in [0, 0.1) is 11.8 Å². The van der Waals surface area contributed by atoms with Crippen molar-refractivity contribution in [1.82, 2.24) is 0 Å². The van der Waals surface area contributed by atoms with Crippen molar-refractivity contribution in [3.05, 3.63) is 29.8 Å². The standard InChI is InChI=1S/C14H22O6PS/c1-10(2)14(11(3)4)12-6-8-13(9-7-12)22(16,17)20-19-21(15)18-5/h6-11,14H,1-5H3/q+1. The Kier molecular flexibility index (Phi) is 7.09. The fourth-order valence-electron chi connectivity index (χ4n) is 2.53. The Labute approximate surface area is 132 Å². The topological polar surface area (TPSA) is 78.9 Å². The van der Waals surface area contributed by atoms with E-state index in [1.165, 1.54) is 12.1 Å². The summed E-state index contributed by atoms with van der Waals surface area (Å²) >= 11 is 0. The lowest BCUT2D eigenvalue weighted by Gasteiger charge is -2.25. The lowest BCUT2D eigenvalue weighted by Crippen LogP contribution is -2.13. The molecular weight excluding hydrogens is 327 g/mol. The van der Waals surface area contributed by atoms with Gasteiger partial charge >= 0.3 is 18.4 Å². The first kappa shape index (κ1) is 19.2. The third kappa shape index (κ3) is 5.11. The van der Waals surface area contributed by atoms with Gasteiger partial charge in [-0.15, -0.1) is 4.52 Å². The van der Waals surface area contributed by atoms with E-state index in [4.69, 9.17) is 0 Å². The van der Waals surface area contributed by atoms with Crippen molar-refractivity contribution >= 4 is 18.4 Å². The van der Waals surface area contributed by atoms with Crippen LogP contribution >= 0.6 is 8.25 Å². The van der Waals surface area contributed by atoms with Crippen LogP contribution in [0.5, 0.6) is 0 Å². The van der Waals surface area contributed by atoms with Gasteiger partial charge in [0.1, 0.15) is 0 Å². The van der Waals surface area contributed by atoms with E-state index in [1.807, 2.05) is 0 Å². The predicted octanol–water partition coefficient (Wildman–Crippen LogP) is 4.02. The molecule has 1 aromatic carbocycles. The smallest absolute Gasteiger partial charge is 0.191 e. The first-order chi connectivity index (χ1) is 10.2. The summed E-state index contributed by atoms with van der Waals surface area (Å²) < 4.78 is 47.3. The summed E-state index contributed by atoms with van der Waals surface area (Å²) in [7, 11) is -5.64. The highest BCUT2D eigenvalue weighted by molar-refractivity contribution is 7.86. The van der Waals surface area contributed by atoms with Gasteiger partial charge in [-0.3, -0.25) is 0 Å². The monoisotopic (exact) mass is 349 g/mol. The van der Waals surface area contributed by atoms with Gasteiger partial charge in [0.2, 0.25) is 0 Å². The van der Waals surface area contributed by atoms with Crippen LogP contribution in [-0.2, 0) is 28.2 Å². The summed E-state index contributed by atoms with van der Waals surface area (Å²) in [6.07, 6.45) is 0. The molecule has 8 heteroatoms. The SMILES string of the molecule is CO[P+](=O)OOS(=O)(=O)c1ccc(C(C(C)C)C(C)C)cc1. The van der Waals surface area contributed by atoms with E-state index in [9.17, 15) is 13.0 Å². The second-order valence-electron chi connectivity index (χ2n) is 5.59. The molecule has 22 heavy (non-hydrogen) atoms. The summed E-state index contributed by atoms with van der Waals surface area (Å²) in [6.45, 7) is 8.53. The highest BCUT2D eigenvalue weighted by atomic mass is 32.2. The minimum atomic E-state index is -4.13. The van der Waals surface area contributed by atoms with Gasteiger partial charge < -0.3 is 0 Å². The molecule has 0 heterocycles. The third-order valence-corrected chi connectivity index (χ3v) is 5.01. The Hall–Kier alpha value is -0.850. The number of hydrogen-bond donors (Lipinski definition) is 0. The van der Waals surface area contributed by atoms with Crippen LogP contribution in [0.1, 0.15) is 39.2 Å². The zero-order valence-corrected chi connectivity index (χ0v) is 15.1. The van der Waals surface area contributed by atoms with Gasteiger partial charge in [-0.1, -0.05) is 44.2 Å². The van der Waals surface area contributed by atoms with Crippen molar-refractivity contribution in [2.75, 3.05) is 7.11 Å². The van der Waals surface area contributed by atoms with Crippen LogP contribution < -0.4 is 0 Å². The third-order valence-electron chi connectivity index (χ3n) is 3.32. The van der Waals surface area contributed by atoms with Crippen molar-refractivity contribution in [2.24, 2.45) is 11.8 Å². The number of hydrogen-bond acceptors (Lipinski definition) is 6. The summed E-state index contributed by atoms with van der Waals surface area (Å²) in [5.41, 5.74) is 1.06. The van der Waals surface area contributed by atoms with E-state index in [1.54, 1.807) is 12.1 Å². The molecule has 1 atom stereocenters. The number of rotatable bonds is 8. The van der Waals surface area contributed by atoms with Crippen LogP contribution in [0.15, 0.2) is 29.2 Å². The molecule has 1 aromatic rings. The zero-order valence-electron chi connectivity index (χ0n) is 13.3. The Morgan fingerprint density at radius 1 is 1.00 bits per heavy atom. The van der Waals surface area contributed by atoms with E-state index >= 15 is 0 Å². The van der Waals surface area contributed by atoms with Crippen LogP contribution in [0.2, 0.25) is 0 Å². The molecule has 0 spiro atoms. The minimum absolute atomic E-state index is 0.0676. The normalized spacial score (nSPS) is 13.2. The lowest BCUT2D eigenvalue weighted by atomic mass is 9.80. The minimum Gasteiger partial charge on any atom is -0.191 e. The van der Waals surface area contributed by atoms with Gasteiger partial charge in [0.25, 0.3) is 0 Å². The van der Waals surface area contributed by atoms with Crippen LogP contribution in [0.4, 0.5) is 0 Å². The molecule has 0 saturated carbocycles. The predicted molar refractivity (Wildman–Crippen MR) is 82.8 cm³/mol. The van der Waals surface area contributed by atoms with Gasteiger partial charge in [-0.2, -0.15) is 8.42 Å². The molecule has 124 valence electrons. The molecule has 0 fully saturated rings. The van der Waals surface area contributed by atoms with Gasteiger partial charge in [0.05, 0.1) is 16.7 Å². The van der Waals surface area contributed by atoms with Gasteiger partial charge in [-0.05, 0) is 35.4 Å². The molecule has 0 aromatic heterocycles. The second-order valence-corrected chi connectivity index (χ2v) is 8.06. The average Bonchev–Trinajstić information content (AvgIpc) is 2.44. The van der Waals surface area contributed by atoms with Crippen molar-refractivity contribution in [1.29, 1.82) is 0 Å². The van der Waals surface area contributed by atoms with Crippen molar-refractivity contribution in [2.45, 2.75) is 38.5 Å². The van der Waals surface area contributed by atoms with Gasteiger partial charge in [0.15, 0.2) is 0 Å². The Morgan fingerprint density at radius 2 is 1.50 bits per heavy atom. The second kappa shape index (κ2) is 8.13. The highest BCUT2D eigenvalue weighted by Gasteiger charge is 2.27. The fraction of sp³-hybridized carbons (Fsp3) is 0.571. The molecule has 0 aliphatic heterocycles. The summed E-state index contributed by atoms with van der Waals surface area (Å²) in [4.78, 5) is -0.0676. The molecule has 0 saturated heterocycles. The molecule has 0 amide bonds. The average molecular weight is 349 g/mol. The fourth-order valence-corrected chi connectivity index (χ4v) is 3.66. The van der Waals surface area contributed by atoms with Crippen molar-refractivity contribution < 1.29 is 26.5 Å². The quantitative estimate of drug-likeness (QED) is 0.401. The Balaban J connectivity index is 2.94. The van der Waals surface area contributed by atoms with Crippen molar-refractivity contribution in [3.8, 4) is 0 Å². The summed E-state index contributed by atoms with van der Waals surface area (Å²) in [6, 6.07) is 6.42. The Morgan fingerprint density at radius 3 is 1.91 bits per heavy atom. The maximum Gasteiger partial charge on any atom is 0.729 e. The maximum absolute atomic E-state index is 11.9. The van der Waals surface area contributed by atoms with Gasteiger partial charge in [0, 0.05) is 4.57 Å². The molecule has 0 aliphatic carbocycles. The number of benzene rings is 1. The zero-order chi connectivity index (χ0) is 16.9. The molecule has 0 N–H and O–H groups in total. The van der Waals surface area contributed by atoms with E-state index in [-0.39, 0.29) is 4.90 Å².